The van der Waals surface area contributed by atoms with Gasteiger partial charge in [0.15, 0.2) is 17.5 Å². The topological polar surface area (TPSA) is 84.2 Å². The predicted molar refractivity (Wildman–Crippen MR) is 309 cm³/mol. The highest BCUT2D eigenvalue weighted by atomic mass is 15.1. The minimum absolute atomic E-state index is 0.577. The lowest BCUT2D eigenvalue weighted by atomic mass is 10.1. The summed E-state index contributed by atoms with van der Waals surface area (Å²) in [7, 11) is 0. The Hall–Kier alpha value is -10.5. The summed E-state index contributed by atoms with van der Waals surface area (Å²) in [5.41, 5.74) is 13.6. The van der Waals surface area contributed by atoms with Crippen molar-refractivity contribution in [2.75, 3.05) is 0 Å². The van der Waals surface area contributed by atoms with Crippen molar-refractivity contribution in [3.8, 4) is 57.2 Å². The van der Waals surface area contributed by atoms with Crippen LogP contribution >= 0.6 is 0 Å². The van der Waals surface area contributed by atoms with Crippen LogP contribution < -0.4 is 0 Å². The maximum Gasteiger partial charge on any atom is 0.164 e. The lowest BCUT2D eigenvalue weighted by molar-refractivity contribution is 1.07. The van der Waals surface area contributed by atoms with Crippen molar-refractivity contribution in [1.82, 2.24) is 43.2 Å². The van der Waals surface area contributed by atoms with Crippen LogP contribution in [-0.4, -0.2) is 43.2 Å². The first-order valence-electron chi connectivity index (χ1n) is 25.5. The predicted octanol–water partition coefficient (Wildman–Crippen LogP) is 16.1. The summed E-state index contributed by atoms with van der Waals surface area (Å²) in [6, 6.07) is 83.5. The number of rotatable bonds is 7. The molecule has 0 unspecified atom stereocenters. The fourth-order valence-corrected chi connectivity index (χ4v) is 11.8. The van der Waals surface area contributed by atoms with Crippen LogP contribution in [0.25, 0.3) is 144 Å². The number of para-hydroxylation sites is 4. The molecule has 0 saturated carbocycles. The maximum atomic E-state index is 5.39. The molecule has 0 N–H and O–H groups in total. The van der Waals surface area contributed by atoms with Crippen LogP contribution in [0.3, 0.4) is 0 Å². The molecule has 16 rings (SSSR count). The van der Waals surface area contributed by atoms with E-state index in [9.17, 15) is 0 Å². The molecule has 76 heavy (non-hydrogen) atoms. The van der Waals surface area contributed by atoms with Crippen molar-refractivity contribution in [3.63, 3.8) is 0 Å². The van der Waals surface area contributed by atoms with E-state index in [4.69, 9.17) is 24.9 Å². The zero-order valence-electron chi connectivity index (χ0n) is 40.7. The van der Waals surface area contributed by atoms with E-state index in [1.807, 2.05) is 54.9 Å². The third-order valence-corrected chi connectivity index (χ3v) is 15.1. The van der Waals surface area contributed by atoms with Crippen LogP contribution in [0.1, 0.15) is 0 Å². The van der Waals surface area contributed by atoms with E-state index in [1.165, 1.54) is 21.5 Å². The summed E-state index contributed by atoms with van der Waals surface area (Å²) >= 11 is 0. The van der Waals surface area contributed by atoms with E-state index in [0.29, 0.717) is 17.5 Å². The Morgan fingerprint density at radius 1 is 0.224 bits per heavy atom. The summed E-state index contributed by atoms with van der Waals surface area (Å²) in [5, 5.41) is 9.19. The summed E-state index contributed by atoms with van der Waals surface area (Å²) in [4.78, 5) is 25.6. The van der Waals surface area contributed by atoms with Crippen molar-refractivity contribution in [2.24, 2.45) is 0 Å². The van der Waals surface area contributed by atoms with Crippen LogP contribution in [0.15, 0.2) is 249 Å². The second kappa shape index (κ2) is 16.5. The molecule has 0 amide bonds. The maximum absolute atomic E-state index is 5.39. The third kappa shape index (κ3) is 6.36. The summed E-state index contributed by atoms with van der Waals surface area (Å²) in [6.45, 7) is 0. The molecule has 7 aromatic heterocycles. The van der Waals surface area contributed by atoms with E-state index < -0.39 is 0 Å². The molecular weight excluding hydrogens is 931 g/mol. The molecule has 0 saturated heterocycles. The Labute approximate surface area is 434 Å². The first-order chi connectivity index (χ1) is 37.7. The van der Waals surface area contributed by atoms with Crippen molar-refractivity contribution < 1.29 is 0 Å². The molecule has 0 spiro atoms. The lowest BCUT2D eigenvalue weighted by Crippen LogP contribution is -2.00. The fourth-order valence-electron chi connectivity index (χ4n) is 11.8. The van der Waals surface area contributed by atoms with Crippen LogP contribution in [-0.2, 0) is 0 Å². The minimum Gasteiger partial charge on any atom is -0.309 e. The van der Waals surface area contributed by atoms with Crippen molar-refractivity contribution in [2.45, 2.75) is 0 Å². The van der Waals surface area contributed by atoms with Crippen molar-refractivity contribution in [1.29, 1.82) is 0 Å². The molecule has 9 heteroatoms. The molecule has 354 valence electrons. The monoisotopic (exact) mass is 971 g/mol. The largest absolute Gasteiger partial charge is 0.309 e. The van der Waals surface area contributed by atoms with Gasteiger partial charge in [-0.15, -0.1) is 0 Å². The average molecular weight is 972 g/mol. The summed E-state index contributed by atoms with van der Waals surface area (Å²) in [5.74, 6) is 3.43. The second-order valence-corrected chi connectivity index (χ2v) is 19.3. The van der Waals surface area contributed by atoms with Gasteiger partial charge in [-0.3, -0.25) is 9.13 Å². The van der Waals surface area contributed by atoms with Gasteiger partial charge in [0, 0.05) is 83.5 Å². The van der Waals surface area contributed by atoms with Gasteiger partial charge in [-0.05, 0) is 121 Å². The number of fused-ring (bicyclic) bond motifs is 12. The van der Waals surface area contributed by atoms with Crippen LogP contribution in [0.2, 0.25) is 0 Å². The standard InChI is InChI=1S/C67H41N9/c1-2-16-42(17-3-1)65-70-66(43-28-32-59-51(38-43)53-40-45(30-34-61(53)75(59)63-26-12-14-36-68-63)73-55-22-8-4-18-47(55)48-19-5-9-23-56(48)73)72-67(71-65)44-29-33-60-52(39-44)54-41-46(31-35-62(54)76(60)64-27-13-15-37-69-64)74-57-24-10-6-20-49(57)50-21-7-11-25-58(50)74/h1-41H. The molecular formula is C67H41N9. The SMILES string of the molecule is c1ccc(-c2nc(-c3ccc4c(c3)c3cc(-n5c6ccccc6c6ccccc65)ccc3n4-c3ccccn3)nc(-c3ccc4c(c3)c3cc(-n5c6ccccc6c6ccccc65)ccc3n4-c3ccccn3)n2)cc1. The number of nitrogens with zero attached hydrogens (tertiary/aromatic N) is 9. The lowest BCUT2D eigenvalue weighted by Gasteiger charge is -2.10. The fraction of sp³-hybridized carbons (Fsp3) is 0. The van der Waals surface area contributed by atoms with Gasteiger partial charge < -0.3 is 9.13 Å². The molecule has 0 fully saturated rings. The molecule has 0 bridgehead atoms. The van der Waals surface area contributed by atoms with Crippen LogP contribution in [0, 0.1) is 0 Å². The van der Waals surface area contributed by atoms with Gasteiger partial charge >= 0.3 is 0 Å². The van der Waals surface area contributed by atoms with Gasteiger partial charge in [-0.25, -0.2) is 24.9 Å². The highest BCUT2D eigenvalue weighted by molar-refractivity contribution is 6.15. The van der Waals surface area contributed by atoms with Crippen molar-refractivity contribution in [3.05, 3.63) is 249 Å². The molecule has 9 nitrogen and oxygen atoms in total. The Morgan fingerprint density at radius 3 is 0.947 bits per heavy atom. The first kappa shape index (κ1) is 42.0. The second-order valence-electron chi connectivity index (χ2n) is 19.3. The molecule has 16 aromatic rings. The molecule has 9 aromatic carbocycles. The van der Waals surface area contributed by atoms with Gasteiger partial charge in [-0.1, -0.05) is 115 Å². The van der Waals surface area contributed by atoms with Gasteiger partial charge in [0.25, 0.3) is 0 Å². The number of hydrogen-bond donors (Lipinski definition) is 0. The summed E-state index contributed by atoms with van der Waals surface area (Å²) in [6.07, 6.45) is 3.70. The molecule has 0 aliphatic rings. The average Bonchev–Trinajstić information content (AvgIpc) is 4.37. The smallest absolute Gasteiger partial charge is 0.164 e. The zero-order valence-corrected chi connectivity index (χ0v) is 40.7. The molecule has 0 aliphatic carbocycles. The van der Waals surface area contributed by atoms with Gasteiger partial charge in [0.05, 0.1) is 44.1 Å². The van der Waals surface area contributed by atoms with Gasteiger partial charge in [0.1, 0.15) is 11.6 Å². The Morgan fingerprint density at radius 2 is 0.553 bits per heavy atom. The normalized spacial score (nSPS) is 11.9. The molecule has 0 atom stereocenters. The number of hydrogen-bond acceptors (Lipinski definition) is 5. The Kier molecular flexibility index (Phi) is 9.13. The highest BCUT2D eigenvalue weighted by Crippen LogP contribution is 2.41. The molecule has 7 heterocycles. The van der Waals surface area contributed by atoms with Crippen LogP contribution in [0.4, 0.5) is 0 Å². The van der Waals surface area contributed by atoms with E-state index in [1.54, 1.807) is 0 Å². The number of pyridine rings is 2. The van der Waals surface area contributed by atoms with E-state index in [0.717, 1.165) is 105 Å². The highest BCUT2D eigenvalue weighted by Gasteiger charge is 2.22. The molecule has 0 radical (unpaired) electrons. The quantitative estimate of drug-likeness (QED) is 0.159. The van der Waals surface area contributed by atoms with E-state index >= 15 is 0 Å². The van der Waals surface area contributed by atoms with Crippen molar-refractivity contribution >= 4 is 87.2 Å². The van der Waals surface area contributed by atoms with E-state index in [-0.39, 0.29) is 0 Å². The molecule has 0 aliphatic heterocycles. The van der Waals surface area contributed by atoms with Gasteiger partial charge in [0.2, 0.25) is 0 Å². The summed E-state index contributed by atoms with van der Waals surface area (Å²) < 4.78 is 9.25. The number of aromatic nitrogens is 9. The Bertz CT molecular complexity index is 4590. The number of benzene rings is 9. The minimum atomic E-state index is 0.577. The van der Waals surface area contributed by atoms with Gasteiger partial charge in [-0.2, -0.15) is 0 Å². The van der Waals surface area contributed by atoms with E-state index in [2.05, 4.69) is 212 Å². The third-order valence-electron chi connectivity index (χ3n) is 15.1. The Balaban J connectivity index is 0.909. The first-order valence-corrected chi connectivity index (χ1v) is 25.5. The van der Waals surface area contributed by atoms with Crippen LogP contribution in [0.5, 0.6) is 0 Å². The zero-order chi connectivity index (χ0) is 49.8.